The minimum atomic E-state index is -4.36. The minimum absolute atomic E-state index is 0.0625. The second-order valence-electron chi connectivity index (χ2n) is 7.36. The molecule has 1 unspecified atom stereocenters. The maximum atomic E-state index is 13.0. The molecule has 0 radical (unpaired) electrons. The van der Waals surface area contributed by atoms with Crippen molar-refractivity contribution in [2.45, 2.75) is 70.3 Å². The molecule has 1 aliphatic heterocycles. The van der Waals surface area contributed by atoms with Crippen molar-refractivity contribution in [3.63, 3.8) is 0 Å². The first-order chi connectivity index (χ1) is 11.8. The van der Waals surface area contributed by atoms with E-state index in [0.717, 1.165) is 37.3 Å². The SMILES string of the molecule is CCCC1Cc2ccc(C(F)(F)F)cc2CN1C(=O)[C@H]1CC[C@@H](N)C1. The normalized spacial score (nSPS) is 26.6. The van der Waals surface area contributed by atoms with Crippen molar-refractivity contribution < 1.29 is 18.0 Å². The molecule has 0 bridgehead atoms. The highest BCUT2D eigenvalue weighted by Crippen LogP contribution is 2.35. The minimum Gasteiger partial charge on any atom is -0.335 e. The van der Waals surface area contributed by atoms with E-state index in [-0.39, 0.29) is 30.5 Å². The van der Waals surface area contributed by atoms with Crippen LogP contribution in [-0.2, 0) is 23.9 Å². The smallest absolute Gasteiger partial charge is 0.335 e. The van der Waals surface area contributed by atoms with E-state index in [0.29, 0.717) is 18.4 Å². The molecule has 0 saturated heterocycles. The van der Waals surface area contributed by atoms with Gasteiger partial charge in [0.15, 0.2) is 0 Å². The van der Waals surface area contributed by atoms with Crippen LogP contribution in [0.1, 0.15) is 55.7 Å². The molecule has 1 saturated carbocycles. The molecule has 0 spiro atoms. The molecule has 1 fully saturated rings. The van der Waals surface area contributed by atoms with Crippen LogP contribution in [0.4, 0.5) is 13.2 Å². The van der Waals surface area contributed by atoms with Crippen LogP contribution in [0.25, 0.3) is 0 Å². The van der Waals surface area contributed by atoms with Crippen molar-refractivity contribution in [3.05, 3.63) is 34.9 Å². The Hall–Kier alpha value is -1.56. The number of rotatable bonds is 3. The van der Waals surface area contributed by atoms with Crippen molar-refractivity contribution in [2.24, 2.45) is 11.7 Å². The van der Waals surface area contributed by atoms with Gasteiger partial charge in [-0.15, -0.1) is 0 Å². The van der Waals surface area contributed by atoms with E-state index in [1.54, 1.807) is 6.07 Å². The highest BCUT2D eigenvalue weighted by molar-refractivity contribution is 5.80. The van der Waals surface area contributed by atoms with Crippen molar-refractivity contribution in [1.82, 2.24) is 4.90 Å². The summed E-state index contributed by atoms with van der Waals surface area (Å²) in [5.74, 6) is -0.0174. The van der Waals surface area contributed by atoms with Gasteiger partial charge in [-0.2, -0.15) is 13.2 Å². The van der Waals surface area contributed by atoms with Gasteiger partial charge < -0.3 is 10.6 Å². The number of alkyl halides is 3. The van der Waals surface area contributed by atoms with Gasteiger partial charge in [-0.1, -0.05) is 19.4 Å². The van der Waals surface area contributed by atoms with E-state index in [9.17, 15) is 18.0 Å². The third kappa shape index (κ3) is 3.84. The Morgan fingerprint density at radius 1 is 1.28 bits per heavy atom. The summed E-state index contributed by atoms with van der Waals surface area (Å²) in [5.41, 5.74) is 6.84. The first kappa shape index (κ1) is 18.2. The van der Waals surface area contributed by atoms with Crippen LogP contribution in [0.5, 0.6) is 0 Å². The van der Waals surface area contributed by atoms with Crippen LogP contribution in [0.3, 0.4) is 0 Å². The maximum absolute atomic E-state index is 13.0. The Morgan fingerprint density at radius 3 is 2.64 bits per heavy atom. The van der Waals surface area contributed by atoms with Crippen LogP contribution in [0, 0.1) is 5.92 Å². The zero-order valence-corrected chi connectivity index (χ0v) is 14.5. The Balaban J connectivity index is 1.86. The van der Waals surface area contributed by atoms with Crippen LogP contribution in [-0.4, -0.2) is 22.9 Å². The van der Waals surface area contributed by atoms with Gasteiger partial charge in [0.1, 0.15) is 0 Å². The lowest BCUT2D eigenvalue weighted by molar-refractivity contribution is -0.139. The van der Waals surface area contributed by atoms with E-state index >= 15 is 0 Å². The number of benzene rings is 1. The predicted molar refractivity (Wildman–Crippen MR) is 89.7 cm³/mol. The summed E-state index contributed by atoms with van der Waals surface area (Å²) in [6.07, 6.45) is 0.389. The molecule has 138 valence electrons. The van der Waals surface area contributed by atoms with E-state index in [2.05, 4.69) is 6.92 Å². The van der Waals surface area contributed by atoms with Crippen molar-refractivity contribution in [2.75, 3.05) is 0 Å². The monoisotopic (exact) mass is 354 g/mol. The van der Waals surface area contributed by atoms with Crippen molar-refractivity contribution >= 4 is 5.91 Å². The summed E-state index contributed by atoms with van der Waals surface area (Å²) in [4.78, 5) is 14.8. The quantitative estimate of drug-likeness (QED) is 0.895. The lowest BCUT2D eigenvalue weighted by Gasteiger charge is -2.38. The number of hydrogen-bond acceptors (Lipinski definition) is 2. The summed E-state index contributed by atoms with van der Waals surface area (Å²) < 4.78 is 39.0. The summed E-state index contributed by atoms with van der Waals surface area (Å²) in [6, 6.07) is 4.06. The average molecular weight is 354 g/mol. The van der Waals surface area contributed by atoms with Gasteiger partial charge in [0.2, 0.25) is 5.91 Å². The van der Waals surface area contributed by atoms with E-state index in [1.807, 2.05) is 4.90 Å². The predicted octanol–water partition coefficient (Wildman–Crippen LogP) is 3.89. The molecule has 3 atom stereocenters. The number of carbonyl (C=O) groups is 1. The molecule has 1 heterocycles. The third-order valence-electron chi connectivity index (χ3n) is 5.50. The lowest BCUT2D eigenvalue weighted by Crippen LogP contribution is -2.46. The number of carbonyl (C=O) groups excluding carboxylic acids is 1. The fourth-order valence-electron chi connectivity index (χ4n) is 4.15. The second-order valence-corrected chi connectivity index (χ2v) is 7.36. The van der Waals surface area contributed by atoms with E-state index in [1.165, 1.54) is 6.07 Å². The Kier molecular flexibility index (Phi) is 5.09. The number of halogens is 3. The number of fused-ring (bicyclic) bond motifs is 1. The van der Waals surface area contributed by atoms with Gasteiger partial charge in [-0.25, -0.2) is 0 Å². The molecule has 25 heavy (non-hydrogen) atoms. The van der Waals surface area contributed by atoms with Crippen LogP contribution < -0.4 is 5.73 Å². The fraction of sp³-hybridized carbons (Fsp3) is 0.632. The zero-order chi connectivity index (χ0) is 18.2. The van der Waals surface area contributed by atoms with Crippen LogP contribution in [0.2, 0.25) is 0 Å². The summed E-state index contributed by atoms with van der Waals surface area (Å²) in [7, 11) is 0. The van der Waals surface area contributed by atoms with Gasteiger partial charge >= 0.3 is 6.18 Å². The standard InChI is InChI=1S/C19H25F3N2O/c1-2-3-17-10-12-4-6-15(19(20,21)22)8-14(12)11-24(17)18(25)13-5-7-16(23)9-13/h4,6,8,13,16-17H,2-3,5,7,9-11,23H2,1H3/t13-,16+,17?/m0/s1. The van der Waals surface area contributed by atoms with Gasteiger partial charge in [0.05, 0.1) is 5.56 Å². The van der Waals surface area contributed by atoms with E-state index in [4.69, 9.17) is 5.73 Å². The highest BCUT2D eigenvalue weighted by Gasteiger charge is 2.37. The van der Waals surface area contributed by atoms with E-state index < -0.39 is 11.7 Å². The average Bonchev–Trinajstić information content (AvgIpc) is 2.99. The Bertz CT molecular complexity index is 644. The molecule has 1 amide bonds. The van der Waals surface area contributed by atoms with Gasteiger partial charge in [-0.3, -0.25) is 4.79 Å². The fourth-order valence-corrected chi connectivity index (χ4v) is 4.15. The number of nitrogens with zero attached hydrogens (tertiary/aromatic N) is 1. The van der Waals surface area contributed by atoms with Crippen LogP contribution in [0.15, 0.2) is 18.2 Å². The molecule has 6 heteroatoms. The Labute approximate surface area is 146 Å². The molecule has 1 aromatic rings. The first-order valence-corrected chi connectivity index (χ1v) is 9.04. The van der Waals surface area contributed by atoms with Crippen molar-refractivity contribution in [1.29, 1.82) is 0 Å². The molecule has 0 aromatic heterocycles. The molecule has 1 aliphatic carbocycles. The zero-order valence-electron chi connectivity index (χ0n) is 14.5. The molecule has 3 nitrogen and oxygen atoms in total. The molecule has 3 rings (SSSR count). The largest absolute Gasteiger partial charge is 0.416 e. The third-order valence-corrected chi connectivity index (χ3v) is 5.50. The summed E-state index contributed by atoms with van der Waals surface area (Å²) >= 11 is 0. The van der Waals surface area contributed by atoms with Crippen LogP contribution >= 0.6 is 0 Å². The van der Waals surface area contributed by atoms with Crippen molar-refractivity contribution in [3.8, 4) is 0 Å². The van der Waals surface area contributed by atoms with Gasteiger partial charge in [0.25, 0.3) is 0 Å². The second kappa shape index (κ2) is 6.98. The lowest BCUT2D eigenvalue weighted by atomic mass is 9.89. The first-order valence-electron chi connectivity index (χ1n) is 9.04. The number of hydrogen-bond donors (Lipinski definition) is 1. The molecular weight excluding hydrogens is 329 g/mol. The highest BCUT2D eigenvalue weighted by atomic mass is 19.4. The summed E-state index contributed by atoms with van der Waals surface area (Å²) in [6.45, 7) is 2.34. The summed E-state index contributed by atoms with van der Waals surface area (Å²) in [5, 5.41) is 0. The Morgan fingerprint density at radius 2 is 2.04 bits per heavy atom. The molecular formula is C19H25F3N2O. The van der Waals surface area contributed by atoms with Gasteiger partial charge in [0, 0.05) is 24.5 Å². The molecule has 2 N–H and O–H groups in total. The number of amides is 1. The molecule has 2 aliphatic rings. The molecule has 1 aromatic carbocycles. The maximum Gasteiger partial charge on any atom is 0.416 e. The van der Waals surface area contributed by atoms with Gasteiger partial charge in [-0.05, 0) is 55.4 Å². The topological polar surface area (TPSA) is 46.3 Å². The number of nitrogens with two attached hydrogens (primary N) is 1.